The van der Waals surface area contributed by atoms with Gasteiger partial charge in [0.25, 0.3) is 5.91 Å². The standard InChI is InChI=1S/C23H25ClN2O2/c24-21-15-17(11-12-20(21)23(28)26-13-4-1-5-14-26)25-22(27)19-10-6-8-16-7-2-3-9-18(16)19/h2-3,7,9,11-12,15,19H,1,4-6,8,10,13-14H2,(H,25,27). The first-order chi connectivity index (χ1) is 13.6. The van der Waals surface area contributed by atoms with Gasteiger partial charge < -0.3 is 10.2 Å². The minimum absolute atomic E-state index is 0.0154. The van der Waals surface area contributed by atoms with Gasteiger partial charge in [0, 0.05) is 18.8 Å². The summed E-state index contributed by atoms with van der Waals surface area (Å²) in [6.07, 6.45) is 6.15. The second-order valence-electron chi connectivity index (χ2n) is 7.68. The number of halogens is 1. The van der Waals surface area contributed by atoms with Gasteiger partial charge in [-0.25, -0.2) is 0 Å². The number of nitrogens with one attached hydrogen (secondary N) is 1. The Morgan fingerprint density at radius 1 is 1.00 bits per heavy atom. The molecule has 1 atom stereocenters. The Bertz CT molecular complexity index is 890. The molecule has 0 bridgehead atoms. The van der Waals surface area contributed by atoms with Crippen LogP contribution < -0.4 is 5.32 Å². The second-order valence-corrected chi connectivity index (χ2v) is 8.09. The zero-order chi connectivity index (χ0) is 19.5. The largest absolute Gasteiger partial charge is 0.339 e. The van der Waals surface area contributed by atoms with E-state index in [9.17, 15) is 9.59 Å². The van der Waals surface area contributed by atoms with E-state index >= 15 is 0 Å². The number of carbonyl (C=O) groups is 2. The van der Waals surface area contributed by atoms with Crippen molar-refractivity contribution >= 4 is 29.1 Å². The molecule has 1 N–H and O–H groups in total. The van der Waals surface area contributed by atoms with Gasteiger partial charge in [-0.05, 0) is 67.9 Å². The van der Waals surface area contributed by atoms with Crippen molar-refractivity contribution in [1.82, 2.24) is 4.90 Å². The molecule has 28 heavy (non-hydrogen) atoms. The molecular formula is C23H25ClN2O2. The number of hydrogen-bond donors (Lipinski definition) is 1. The monoisotopic (exact) mass is 396 g/mol. The smallest absolute Gasteiger partial charge is 0.255 e. The van der Waals surface area contributed by atoms with Crippen molar-refractivity contribution in [2.45, 2.75) is 44.4 Å². The lowest BCUT2D eigenvalue weighted by Gasteiger charge is -2.27. The number of fused-ring (bicyclic) bond motifs is 1. The summed E-state index contributed by atoms with van der Waals surface area (Å²) in [5, 5.41) is 3.38. The van der Waals surface area contributed by atoms with Gasteiger partial charge in [0.2, 0.25) is 5.91 Å². The molecule has 4 rings (SSSR count). The summed E-state index contributed by atoms with van der Waals surface area (Å²) >= 11 is 6.39. The van der Waals surface area contributed by atoms with E-state index in [0.29, 0.717) is 16.3 Å². The number of anilines is 1. The summed E-state index contributed by atoms with van der Waals surface area (Å²) in [5.41, 5.74) is 3.52. The Labute approximate surface area is 170 Å². The van der Waals surface area contributed by atoms with Crippen molar-refractivity contribution < 1.29 is 9.59 Å². The fourth-order valence-electron chi connectivity index (χ4n) is 4.29. The molecule has 0 radical (unpaired) electrons. The molecule has 2 aromatic rings. The molecule has 1 fully saturated rings. The molecule has 2 aromatic carbocycles. The van der Waals surface area contributed by atoms with Crippen LogP contribution in [0.2, 0.25) is 5.02 Å². The van der Waals surface area contributed by atoms with Crippen LogP contribution in [0.1, 0.15) is 59.5 Å². The van der Waals surface area contributed by atoms with Gasteiger partial charge in [0.05, 0.1) is 16.5 Å². The zero-order valence-electron chi connectivity index (χ0n) is 15.9. The van der Waals surface area contributed by atoms with Crippen LogP contribution in [0.25, 0.3) is 0 Å². The molecule has 5 heteroatoms. The van der Waals surface area contributed by atoms with E-state index in [1.807, 2.05) is 23.1 Å². The van der Waals surface area contributed by atoms with Crippen LogP contribution in [-0.4, -0.2) is 29.8 Å². The topological polar surface area (TPSA) is 49.4 Å². The SMILES string of the molecule is O=C(Nc1ccc(C(=O)N2CCCCC2)c(Cl)c1)C1CCCc2ccccc21. The first-order valence-corrected chi connectivity index (χ1v) is 10.5. The first-order valence-electron chi connectivity index (χ1n) is 10.1. The number of nitrogens with zero attached hydrogens (tertiary/aromatic N) is 1. The molecular weight excluding hydrogens is 372 g/mol. The normalized spacial score (nSPS) is 19.0. The number of benzene rings is 2. The maximum absolute atomic E-state index is 12.9. The summed E-state index contributed by atoms with van der Waals surface area (Å²) in [6, 6.07) is 13.3. The predicted molar refractivity (Wildman–Crippen MR) is 112 cm³/mol. The molecule has 0 saturated carbocycles. The molecule has 0 spiro atoms. The lowest BCUT2D eigenvalue weighted by Crippen LogP contribution is -2.35. The van der Waals surface area contributed by atoms with Gasteiger partial charge in [-0.1, -0.05) is 35.9 Å². The summed E-state index contributed by atoms with van der Waals surface area (Å²) in [4.78, 5) is 27.4. The highest BCUT2D eigenvalue weighted by Gasteiger charge is 2.26. The molecule has 1 unspecified atom stereocenters. The van der Waals surface area contributed by atoms with Gasteiger partial charge >= 0.3 is 0 Å². The van der Waals surface area contributed by atoms with Crippen molar-refractivity contribution in [3.05, 3.63) is 64.2 Å². The third-order valence-corrected chi connectivity index (χ3v) is 6.11. The lowest BCUT2D eigenvalue weighted by molar-refractivity contribution is -0.117. The number of amides is 2. The Balaban J connectivity index is 1.48. The average Bonchev–Trinajstić information content (AvgIpc) is 2.73. The lowest BCUT2D eigenvalue weighted by atomic mass is 9.82. The summed E-state index contributed by atoms with van der Waals surface area (Å²) in [7, 11) is 0. The van der Waals surface area contributed by atoms with Crippen LogP contribution in [0.15, 0.2) is 42.5 Å². The number of likely N-dealkylation sites (tertiary alicyclic amines) is 1. The minimum atomic E-state index is -0.140. The quantitative estimate of drug-likeness (QED) is 0.791. The van der Waals surface area contributed by atoms with Crippen LogP contribution in [0.5, 0.6) is 0 Å². The fourth-order valence-corrected chi connectivity index (χ4v) is 4.55. The van der Waals surface area contributed by atoms with Crippen LogP contribution in [0, 0.1) is 0 Å². The van der Waals surface area contributed by atoms with E-state index in [0.717, 1.165) is 50.8 Å². The van der Waals surface area contributed by atoms with E-state index in [-0.39, 0.29) is 17.7 Å². The van der Waals surface area contributed by atoms with E-state index in [4.69, 9.17) is 11.6 Å². The van der Waals surface area contributed by atoms with Crippen LogP contribution in [0.4, 0.5) is 5.69 Å². The van der Waals surface area contributed by atoms with E-state index in [1.54, 1.807) is 18.2 Å². The Hall–Kier alpha value is -2.33. The second kappa shape index (κ2) is 8.36. The van der Waals surface area contributed by atoms with Crippen molar-refractivity contribution in [2.24, 2.45) is 0 Å². The Morgan fingerprint density at radius 3 is 2.57 bits per heavy atom. The highest BCUT2D eigenvalue weighted by Crippen LogP contribution is 2.33. The first kappa shape index (κ1) is 19.0. The maximum Gasteiger partial charge on any atom is 0.255 e. The summed E-state index contributed by atoms with van der Waals surface area (Å²) < 4.78 is 0. The van der Waals surface area contributed by atoms with Crippen molar-refractivity contribution in [1.29, 1.82) is 0 Å². The minimum Gasteiger partial charge on any atom is -0.339 e. The molecule has 146 valence electrons. The van der Waals surface area contributed by atoms with Crippen LogP contribution in [0.3, 0.4) is 0 Å². The summed E-state index contributed by atoms with van der Waals surface area (Å²) in [6.45, 7) is 1.57. The van der Waals surface area contributed by atoms with Gasteiger partial charge in [-0.3, -0.25) is 9.59 Å². The highest BCUT2D eigenvalue weighted by atomic mass is 35.5. The summed E-state index contributed by atoms with van der Waals surface area (Å²) in [5.74, 6) is -0.180. The zero-order valence-corrected chi connectivity index (χ0v) is 16.7. The number of hydrogen-bond acceptors (Lipinski definition) is 2. The highest BCUT2D eigenvalue weighted by molar-refractivity contribution is 6.34. The predicted octanol–water partition coefficient (Wildman–Crippen LogP) is 5.02. The van der Waals surface area contributed by atoms with Gasteiger partial charge in [-0.15, -0.1) is 0 Å². The van der Waals surface area contributed by atoms with E-state index < -0.39 is 0 Å². The molecule has 1 aliphatic heterocycles. The number of aryl methyl sites for hydroxylation is 1. The average molecular weight is 397 g/mol. The molecule has 1 heterocycles. The number of rotatable bonds is 3. The Morgan fingerprint density at radius 2 is 1.79 bits per heavy atom. The third kappa shape index (κ3) is 3.93. The molecule has 1 aliphatic carbocycles. The number of piperidine rings is 1. The van der Waals surface area contributed by atoms with Gasteiger partial charge in [-0.2, -0.15) is 0 Å². The van der Waals surface area contributed by atoms with E-state index in [1.165, 1.54) is 12.0 Å². The fraction of sp³-hybridized carbons (Fsp3) is 0.391. The van der Waals surface area contributed by atoms with E-state index in [2.05, 4.69) is 11.4 Å². The molecule has 2 aliphatic rings. The van der Waals surface area contributed by atoms with Crippen LogP contribution >= 0.6 is 11.6 Å². The van der Waals surface area contributed by atoms with Crippen molar-refractivity contribution in [3.8, 4) is 0 Å². The molecule has 0 aromatic heterocycles. The van der Waals surface area contributed by atoms with Crippen LogP contribution in [-0.2, 0) is 11.2 Å². The van der Waals surface area contributed by atoms with Crippen molar-refractivity contribution in [3.63, 3.8) is 0 Å². The molecule has 1 saturated heterocycles. The number of carbonyl (C=O) groups excluding carboxylic acids is 2. The van der Waals surface area contributed by atoms with Crippen molar-refractivity contribution in [2.75, 3.05) is 18.4 Å². The maximum atomic E-state index is 12.9. The molecule has 4 nitrogen and oxygen atoms in total. The third-order valence-electron chi connectivity index (χ3n) is 5.80. The van der Waals surface area contributed by atoms with Gasteiger partial charge in [0.1, 0.15) is 0 Å². The van der Waals surface area contributed by atoms with Gasteiger partial charge in [0.15, 0.2) is 0 Å². The molecule has 2 amide bonds. The Kier molecular flexibility index (Phi) is 5.67.